The van der Waals surface area contributed by atoms with Crippen LogP contribution in [0.3, 0.4) is 0 Å². The van der Waals surface area contributed by atoms with Crippen LogP contribution in [0.25, 0.3) is 0 Å². The summed E-state index contributed by atoms with van der Waals surface area (Å²) in [6, 6.07) is 14.3. The van der Waals surface area contributed by atoms with E-state index in [4.69, 9.17) is 26.4 Å². The summed E-state index contributed by atoms with van der Waals surface area (Å²) >= 11 is 5.40. The van der Waals surface area contributed by atoms with Gasteiger partial charge in [0.15, 0.2) is 5.11 Å². The van der Waals surface area contributed by atoms with Gasteiger partial charge in [0, 0.05) is 11.4 Å². The number of unbranched alkanes of at least 4 members (excludes halogenated alkanes) is 9. The van der Waals surface area contributed by atoms with Crippen molar-refractivity contribution < 1.29 is 23.4 Å². The molecule has 0 saturated carbocycles. The lowest BCUT2D eigenvalue weighted by Crippen LogP contribution is -2.26. The second-order valence-electron chi connectivity index (χ2n) is 9.76. The zero-order chi connectivity index (χ0) is 28.3. The molecule has 6 nitrogen and oxygen atoms in total. The minimum atomic E-state index is -1.23. The molecule has 0 spiro atoms. The van der Waals surface area contributed by atoms with Gasteiger partial charge in [0.1, 0.15) is 23.8 Å². The molecule has 2 rings (SSSR count). The molecule has 0 bridgehead atoms. The van der Waals surface area contributed by atoms with E-state index in [1.54, 1.807) is 31.2 Å². The molecule has 2 aromatic carbocycles. The van der Waals surface area contributed by atoms with Crippen molar-refractivity contribution in [3.63, 3.8) is 0 Å². The van der Waals surface area contributed by atoms with Gasteiger partial charge < -0.3 is 24.8 Å². The largest absolute Gasteiger partial charge is 0.514 e. The smallest absolute Gasteiger partial charge is 0.494 e. The Kier molecular flexibility index (Phi) is 15.9. The molecule has 216 valence electrons. The predicted molar refractivity (Wildman–Crippen MR) is 162 cm³/mol. The van der Waals surface area contributed by atoms with Crippen molar-refractivity contribution in [3.05, 3.63) is 48.5 Å². The number of carbonyl (C=O) groups excluding carboxylic acids is 1. The molecule has 2 unspecified atom stereocenters. The Balaban J connectivity index is 1.62. The summed E-state index contributed by atoms with van der Waals surface area (Å²) in [5, 5.41) is 6.64. The van der Waals surface area contributed by atoms with Crippen LogP contribution in [0.15, 0.2) is 48.5 Å². The number of carbonyl (C=O) groups is 1. The molecule has 0 aromatic heterocycles. The molecule has 0 fully saturated rings. The number of hydrogen-bond acceptors (Lipinski definition) is 5. The van der Waals surface area contributed by atoms with Crippen LogP contribution in [-0.4, -0.2) is 30.2 Å². The van der Waals surface area contributed by atoms with Gasteiger partial charge in [-0.05, 0) is 80.5 Å². The van der Waals surface area contributed by atoms with E-state index in [0.29, 0.717) is 10.8 Å². The maximum absolute atomic E-state index is 13.5. The van der Waals surface area contributed by atoms with Crippen LogP contribution in [0.4, 0.5) is 20.6 Å². The number of nitrogens with one attached hydrogen (secondary N) is 2. The van der Waals surface area contributed by atoms with Gasteiger partial charge in [-0.15, -0.1) is 0 Å². The van der Waals surface area contributed by atoms with Crippen LogP contribution in [-0.2, 0) is 4.74 Å². The SMILES string of the molecule is CCCCCCCCCCCCOc1ccc(NC(=S)Nc2ccc(OC(=O)OC(C)C(F)CC)cc2)cc1. The number of halogens is 1. The highest BCUT2D eigenvalue weighted by Crippen LogP contribution is 2.20. The highest BCUT2D eigenvalue weighted by molar-refractivity contribution is 7.80. The average molecular weight is 561 g/mol. The second kappa shape index (κ2) is 19.2. The molecule has 2 aromatic rings. The van der Waals surface area contributed by atoms with E-state index in [1.807, 2.05) is 24.3 Å². The number of alkyl halides is 1. The van der Waals surface area contributed by atoms with E-state index in [9.17, 15) is 9.18 Å². The zero-order valence-corrected chi connectivity index (χ0v) is 24.5. The third kappa shape index (κ3) is 14.2. The van der Waals surface area contributed by atoms with Crippen molar-refractivity contribution in [2.24, 2.45) is 0 Å². The van der Waals surface area contributed by atoms with Crippen molar-refractivity contribution in [3.8, 4) is 11.5 Å². The highest BCUT2D eigenvalue weighted by atomic mass is 32.1. The van der Waals surface area contributed by atoms with Gasteiger partial charge in [0.2, 0.25) is 0 Å². The Hall–Kier alpha value is -2.87. The monoisotopic (exact) mass is 560 g/mol. The molecule has 0 aliphatic carbocycles. The van der Waals surface area contributed by atoms with Crippen LogP contribution in [0.5, 0.6) is 11.5 Å². The standard InChI is InChI=1S/C31H45FN2O4S/c1-4-6-7-8-9-10-11-12-13-14-23-36-27-19-15-25(16-20-27)33-30(39)34-26-17-21-28(22-18-26)38-31(35)37-24(3)29(32)5-2/h15-22,24,29H,4-14,23H2,1-3H3,(H2,33,34,39). The summed E-state index contributed by atoms with van der Waals surface area (Å²) in [5.41, 5.74) is 1.56. The minimum absolute atomic E-state index is 0.264. The fourth-order valence-electron chi connectivity index (χ4n) is 3.99. The Labute approximate surface area is 239 Å². The molecule has 0 aliphatic heterocycles. The minimum Gasteiger partial charge on any atom is -0.494 e. The lowest BCUT2D eigenvalue weighted by molar-refractivity contribution is 0.0261. The molecule has 0 amide bonds. The summed E-state index contributed by atoms with van der Waals surface area (Å²) in [7, 11) is 0. The molecule has 2 N–H and O–H groups in total. The Morgan fingerprint density at radius 3 is 1.79 bits per heavy atom. The summed E-state index contributed by atoms with van der Waals surface area (Å²) in [6.07, 6.45) is 10.3. The van der Waals surface area contributed by atoms with Crippen molar-refractivity contribution in [2.75, 3.05) is 17.2 Å². The Morgan fingerprint density at radius 2 is 1.28 bits per heavy atom. The number of thiocarbonyl (C=S) groups is 1. The third-order valence-electron chi connectivity index (χ3n) is 6.37. The molecule has 0 heterocycles. The molecule has 0 radical (unpaired) electrons. The number of benzene rings is 2. The van der Waals surface area contributed by atoms with E-state index in [-0.39, 0.29) is 12.2 Å². The molecule has 0 aliphatic rings. The first kappa shape index (κ1) is 32.3. The molecule has 2 atom stereocenters. The van der Waals surface area contributed by atoms with Gasteiger partial charge in [0.05, 0.1) is 6.61 Å². The normalized spacial score (nSPS) is 12.3. The predicted octanol–water partition coefficient (Wildman–Crippen LogP) is 9.45. The number of hydrogen-bond donors (Lipinski definition) is 2. The molecule has 0 saturated heterocycles. The lowest BCUT2D eigenvalue weighted by atomic mass is 10.1. The first-order chi connectivity index (χ1) is 18.9. The van der Waals surface area contributed by atoms with Crippen LogP contribution in [0.2, 0.25) is 0 Å². The fraction of sp³-hybridized carbons (Fsp3) is 0.548. The van der Waals surface area contributed by atoms with Crippen molar-refractivity contribution in [1.29, 1.82) is 0 Å². The maximum atomic E-state index is 13.5. The second-order valence-corrected chi connectivity index (χ2v) is 10.2. The van der Waals surface area contributed by atoms with E-state index in [0.717, 1.165) is 24.5 Å². The van der Waals surface area contributed by atoms with Crippen molar-refractivity contribution >= 4 is 34.9 Å². The van der Waals surface area contributed by atoms with E-state index in [1.165, 1.54) is 64.7 Å². The van der Waals surface area contributed by atoms with Crippen LogP contribution >= 0.6 is 12.2 Å². The van der Waals surface area contributed by atoms with Crippen LogP contribution in [0, 0.1) is 0 Å². The number of ether oxygens (including phenoxy) is 3. The molecule has 8 heteroatoms. The van der Waals surface area contributed by atoms with Gasteiger partial charge in [-0.2, -0.15) is 0 Å². The van der Waals surface area contributed by atoms with E-state index < -0.39 is 18.4 Å². The van der Waals surface area contributed by atoms with Crippen LogP contribution in [0.1, 0.15) is 91.4 Å². The molecular weight excluding hydrogens is 515 g/mol. The van der Waals surface area contributed by atoms with E-state index >= 15 is 0 Å². The van der Waals surface area contributed by atoms with Gasteiger partial charge >= 0.3 is 6.16 Å². The fourth-order valence-corrected chi connectivity index (χ4v) is 4.23. The van der Waals surface area contributed by atoms with E-state index in [2.05, 4.69) is 17.6 Å². The topological polar surface area (TPSA) is 68.8 Å². The highest BCUT2D eigenvalue weighted by Gasteiger charge is 2.19. The first-order valence-electron chi connectivity index (χ1n) is 14.3. The summed E-state index contributed by atoms with van der Waals surface area (Å²) < 4.78 is 29.5. The summed E-state index contributed by atoms with van der Waals surface area (Å²) in [5.74, 6) is 1.13. The lowest BCUT2D eigenvalue weighted by Gasteiger charge is -2.16. The summed E-state index contributed by atoms with van der Waals surface area (Å²) in [6.45, 7) is 6.17. The first-order valence-corrected chi connectivity index (χ1v) is 14.8. The zero-order valence-electron chi connectivity index (χ0n) is 23.7. The summed E-state index contributed by atoms with van der Waals surface area (Å²) in [4.78, 5) is 11.8. The van der Waals surface area contributed by atoms with Gasteiger partial charge in [-0.25, -0.2) is 9.18 Å². The number of rotatable bonds is 18. The van der Waals surface area contributed by atoms with Crippen LogP contribution < -0.4 is 20.1 Å². The quantitative estimate of drug-likeness (QED) is 0.0814. The maximum Gasteiger partial charge on any atom is 0.514 e. The Morgan fingerprint density at radius 1 is 0.795 bits per heavy atom. The van der Waals surface area contributed by atoms with Gasteiger partial charge in [0.25, 0.3) is 0 Å². The molecule has 39 heavy (non-hydrogen) atoms. The van der Waals surface area contributed by atoms with Crippen molar-refractivity contribution in [2.45, 2.75) is 104 Å². The van der Waals surface area contributed by atoms with Crippen molar-refractivity contribution in [1.82, 2.24) is 0 Å². The molecular formula is C31H45FN2O4S. The third-order valence-corrected chi connectivity index (χ3v) is 6.58. The average Bonchev–Trinajstić information content (AvgIpc) is 2.93. The number of anilines is 2. The van der Waals surface area contributed by atoms with Gasteiger partial charge in [-0.1, -0.05) is 71.6 Å². The Bertz CT molecular complexity index is 956. The van der Waals surface area contributed by atoms with Gasteiger partial charge in [-0.3, -0.25) is 0 Å².